The van der Waals surface area contributed by atoms with Gasteiger partial charge in [-0.2, -0.15) is 0 Å². The van der Waals surface area contributed by atoms with Crippen LogP contribution in [0.3, 0.4) is 0 Å². The van der Waals surface area contributed by atoms with Crippen LogP contribution in [0.4, 0.5) is 0 Å². The van der Waals surface area contributed by atoms with E-state index < -0.39 is 0 Å². The summed E-state index contributed by atoms with van der Waals surface area (Å²) in [5.41, 5.74) is 1.79. The summed E-state index contributed by atoms with van der Waals surface area (Å²) in [7, 11) is 1.85. The predicted molar refractivity (Wildman–Crippen MR) is 83.0 cm³/mol. The summed E-state index contributed by atoms with van der Waals surface area (Å²) in [6.07, 6.45) is 2.15. The minimum absolute atomic E-state index is 0.269. The topological polar surface area (TPSA) is 15.6 Å². The molecular weight excluding hydrogens is 220 g/mol. The van der Waals surface area contributed by atoms with Crippen molar-refractivity contribution < 1.29 is 0 Å². The predicted octanol–water partition coefficient (Wildman–Crippen LogP) is 4.72. The average molecular weight is 252 g/mol. The lowest BCUT2D eigenvalue weighted by Crippen LogP contribution is -2.32. The molecule has 0 aliphatic carbocycles. The molecule has 0 rings (SSSR count). The molecule has 0 amide bonds. The first-order chi connectivity index (χ1) is 7.96. The molecule has 0 fully saturated rings. The first-order valence-electron chi connectivity index (χ1n) is 6.85. The Labute approximate surface area is 114 Å². The monoisotopic (exact) mass is 252 g/mol. The van der Waals surface area contributed by atoms with Crippen LogP contribution in [0.15, 0.2) is 17.3 Å². The van der Waals surface area contributed by atoms with E-state index in [2.05, 4.69) is 64.9 Å². The second-order valence-corrected chi connectivity index (χ2v) is 7.54. The number of amidine groups is 1. The van der Waals surface area contributed by atoms with Gasteiger partial charge in [0.1, 0.15) is 0 Å². The molecule has 0 saturated carbocycles. The van der Waals surface area contributed by atoms with Crippen molar-refractivity contribution in [2.24, 2.45) is 15.8 Å². The van der Waals surface area contributed by atoms with Crippen LogP contribution in [0, 0.1) is 10.8 Å². The van der Waals surface area contributed by atoms with E-state index in [0.717, 1.165) is 25.2 Å². The van der Waals surface area contributed by atoms with Crippen LogP contribution < -0.4 is 0 Å². The van der Waals surface area contributed by atoms with Gasteiger partial charge in [-0.1, -0.05) is 48.1 Å². The van der Waals surface area contributed by atoms with Crippen LogP contribution in [-0.2, 0) is 0 Å². The third-order valence-corrected chi connectivity index (χ3v) is 2.92. The minimum Gasteiger partial charge on any atom is -0.335 e. The molecule has 0 atom stereocenters. The summed E-state index contributed by atoms with van der Waals surface area (Å²) in [5, 5.41) is 0. The Hall–Kier alpha value is -0.790. The van der Waals surface area contributed by atoms with Crippen LogP contribution in [0.2, 0.25) is 0 Å². The maximum atomic E-state index is 4.32. The van der Waals surface area contributed by atoms with Crippen molar-refractivity contribution in [2.45, 2.75) is 61.3 Å². The van der Waals surface area contributed by atoms with Crippen LogP contribution in [-0.4, -0.2) is 24.3 Å². The zero-order chi connectivity index (χ0) is 14.6. The molecule has 0 radical (unpaired) electrons. The van der Waals surface area contributed by atoms with E-state index in [9.17, 15) is 0 Å². The molecule has 2 heteroatoms. The van der Waals surface area contributed by atoms with E-state index in [-0.39, 0.29) is 5.41 Å². The highest BCUT2D eigenvalue weighted by Gasteiger charge is 2.20. The van der Waals surface area contributed by atoms with E-state index in [0.29, 0.717) is 5.41 Å². The van der Waals surface area contributed by atoms with E-state index >= 15 is 0 Å². The van der Waals surface area contributed by atoms with Gasteiger partial charge in [0, 0.05) is 19.3 Å². The summed E-state index contributed by atoms with van der Waals surface area (Å²) < 4.78 is 0. The minimum atomic E-state index is 0.269. The van der Waals surface area contributed by atoms with Crippen molar-refractivity contribution in [3.05, 3.63) is 12.3 Å². The van der Waals surface area contributed by atoms with E-state index in [1.54, 1.807) is 0 Å². The van der Waals surface area contributed by atoms with Crippen molar-refractivity contribution in [3.63, 3.8) is 0 Å². The Morgan fingerprint density at radius 1 is 1.06 bits per heavy atom. The zero-order valence-corrected chi connectivity index (χ0v) is 13.7. The zero-order valence-electron chi connectivity index (χ0n) is 13.7. The lowest BCUT2D eigenvalue weighted by atomic mass is 9.89. The van der Waals surface area contributed by atoms with Crippen molar-refractivity contribution in [3.8, 4) is 0 Å². The maximum absolute atomic E-state index is 4.32. The molecule has 0 unspecified atom stereocenters. The smallest absolute Gasteiger partial charge is 0.0995 e. The van der Waals surface area contributed by atoms with Crippen LogP contribution >= 0.6 is 0 Å². The molecule has 0 aromatic carbocycles. The van der Waals surface area contributed by atoms with E-state index in [1.165, 1.54) is 5.70 Å². The van der Waals surface area contributed by atoms with Gasteiger partial charge in [-0.15, -0.1) is 0 Å². The largest absolute Gasteiger partial charge is 0.335 e. The molecule has 0 N–H and O–H groups in total. The summed E-state index contributed by atoms with van der Waals surface area (Å²) in [6, 6.07) is 0. The van der Waals surface area contributed by atoms with E-state index in [4.69, 9.17) is 0 Å². The number of rotatable bonds is 4. The maximum Gasteiger partial charge on any atom is 0.0995 e. The average Bonchev–Trinajstić information content (AvgIpc) is 2.12. The SMILES string of the molecule is C=C(CC(C)(C)C)N(CCC(C)(C)C)/C(C)=N\C. The molecular formula is C16H32N2. The fourth-order valence-corrected chi connectivity index (χ4v) is 1.82. The highest BCUT2D eigenvalue weighted by molar-refractivity contribution is 5.81. The lowest BCUT2D eigenvalue weighted by Gasteiger charge is -2.32. The fraction of sp³-hybridized carbons (Fsp3) is 0.812. The normalized spacial score (nSPS) is 13.7. The number of hydrogen-bond donors (Lipinski definition) is 0. The summed E-state index contributed by atoms with van der Waals surface area (Å²) in [4.78, 5) is 6.60. The number of aliphatic imine (C=N–C) groups is 1. The quantitative estimate of drug-likeness (QED) is 0.522. The van der Waals surface area contributed by atoms with Gasteiger partial charge in [0.25, 0.3) is 0 Å². The van der Waals surface area contributed by atoms with Crippen LogP contribution in [0.25, 0.3) is 0 Å². The number of allylic oxidation sites excluding steroid dienone is 1. The van der Waals surface area contributed by atoms with E-state index in [1.807, 2.05) is 7.05 Å². The number of hydrogen-bond acceptors (Lipinski definition) is 1. The fourth-order valence-electron chi connectivity index (χ4n) is 1.82. The summed E-state index contributed by atoms with van der Waals surface area (Å²) in [6.45, 7) is 20.9. The summed E-state index contributed by atoms with van der Waals surface area (Å²) in [5.74, 6) is 1.06. The highest BCUT2D eigenvalue weighted by atomic mass is 15.2. The first kappa shape index (κ1) is 17.2. The Morgan fingerprint density at radius 3 is 1.89 bits per heavy atom. The molecule has 2 nitrogen and oxygen atoms in total. The number of nitrogens with zero attached hydrogens (tertiary/aromatic N) is 2. The van der Waals surface area contributed by atoms with Gasteiger partial charge in [-0.25, -0.2) is 0 Å². The molecule has 0 spiro atoms. The molecule has 0 aliphatic rings. The Kier molecular flexibility index (Phi) is 6.12. The van der Waals surface area contributed by atoms with Crippen LogP contribution in [0.5, 0.6) is 0 Å². The van der Waals surface area contributed by atoms with Crippen molar-refractivity contribution in [1.29, 1.82) is 0 Å². The first-order valence-corrected chi connectivity index (χ1v) is 6.85. The second kappa shape index (κ2) is 6.40. The van der Waals surface area contributed by atoms with Crippen molar-refractivity contribution in [1.82, 2.24) is 4.90 Å². The molecule has 0 aliphatic heterocycles. The van der Waals surface area contributed by atoms with Gasteiger partial charge in [0.15, 0.2) is 0 Å². The second-order valence-electron chi connectivity index (χ2n) is 7.54. The van der Waals surface area contributed by atoms with Gasteiger partial charge in [-0.05, 0) is 30.6 Å². The standard InChI is InChI=1S/C16H32N2/c1-13(12-16(6,7)8)18(14(2)17-9)11-10-15(3,4)5/h1,10-12H2,2-9H3/b17-14-. The van der Waals surface area contributed by atoms with Gasteiger partial charge in [-0.3, -0.25) is 4.99 Å². The molecule has 0 aromatic heterocycles. The third-order valence-electron chi connectivity index (χ3n) is 2.92. The van der Waals surface area contributed by atoms with Gasteiger partial charge in [0.05, 0.1) is 5.84 Å². The Morgan fingerprint density at radius 2 is 1.56 bits per heavy atom. The van der Waals surface area contributed by atoms with Crippen molar-refractivity contribution >= 4 is 5.84 Å². The molecule has 0 saturated heterocycles. The molecule has 0 heterocycles. The molecule has 18 heavy (non-hydrogen) atoms. The van der Waals surface area contributed by atoms with Crippen molar-refractivity contribution in [2.75, 3.05) is 13.6 Å². The highest BCUT2D eigenvalue weighted by Crippen LogP contribution is 2.27. The molecule has 0 bridgehead atoms. The van der Waals surface area contributed by atoms with Gasteiger partial charge < -0.3 is 4.90 Å². The Bertz CT molecular complexity index is 300. The van der Waals surface area contributed by atoms with Gasteiger partial charge >= 0.3 is 0 Å². The lowest BCUT2D eigenvalue weighted by molar-refractivity contribution is 0.308. The molecule has 0 aromatic rings. The molecule has 106 valence electrons. The van der Waals surface area contributed by atoms with Gasteiger partial charge in [0.2, 0.25) is 0 Å². The summed E-state index contributed by atoms with van der Waals surface area (Å²) >= 11 is 0. The third kappa shape index (κ3) is 7.52. The Balaban J connectivity index is 4.75. The van der Waals surface area contributed by atoms with Crippen LogP contribution in [0.1, 0.15) is 61.3 Å².